The summed E-state index contributed by atoms with van der Waals surface area (Å²) in [6.45, 7) is 4.13. The second-order valence-electron chi connectivity index (χ2n) is 3.38. The number of nitrogens with zero attached hydrogens (tertiary/aromatic N) is 1. The van der Waals surface area contributed by atoms with E-state index in [-0.39, 0.29) is 5.56 Å². The van der Waals surface area contributed by atoms with Crippen molar-refractivity contribution in [1.82, 2.24) is 4.98 Å². The Morgan fingerprint density at radius 1 is 1.53 bits per heavy atom. The molecule has 0 fully saturated rings. The van der Waals surface area contributed by atoms with Crippen molar-refractivity contribution in [2.24, 2.45) is 0 Å². The van der Waals surface area contributed by atoms with Gasteiger partial charge in [0.15, 0.2) is 0 Å². The lowest BCUT2D eigenvalue weighted by Gasteiger charge is -2.17. The summed E-state index contributed by atoms with van der Waals surface area (Å²) in [4.78, 5) is 14.8. The van der Waals surface area contributed by atoms with Gasteiger partial charge in [-0.1, -0.05) is 13.8 Å². The zero-order valence-corrected chi connectivity index (χ0v) is 9.03. The number of nitrogens with one attached hydrogen (secondary N) is 1. The van der Waals surface area contributed by atoms with Crippen LogP contribution in [0, 0.1) is 0 Å². The number of carboxylic acids is 1. The van der Waals surface area contributed by atoms with Gasteiger partial charge in [-0.3, -0.25) is 4.98 Å². The van der Waals surface area contributed by atoms with Crippen molar-refractivity contribution in [3.63, 3.8) is 0 Å². The van der Waals surface area contributed by atoms with Crippen LogP contribution >= 0.6 is 0 Å². The first-order chi connectivity index (χ1) is 7.19. The SMILES string of the molecule is CCC(CC)Nc1cnccc1C(=O)O. The molecule has 0 atom stereocenters. The number of carbonyl (C=O) groups is 1. The van der Waals surface area contributed by atoms with Crippen molar-refractivity contribution in [1.29, 1.82) is 0 Å². The van der Waals surface area contributed by atoms with Crippen LogP contribution in [-0.2, 0) is 0 Å². The maximum Gasteiger partial charge on any atom is 0.337 e. The van der Waals surface area contributed by atoms with Crippen LogP contribution in [-0.4, -0.2) is 22.1 Å². The topological polar surface area (TPSA) is 62.2 Å². The van der Waals surface area contributed by atoms with Gasteiger partial charge in [0.1, 0.15) is 0 Å². The summed E-state index contributed by atoms with van der Waals surface area (Å²) in [6, 6.07) is 1.81. The fourth-order valence-electron chi connectivity index (χ4n) is 1.41. The smallest absolute Gasteiger partial charge is 0.337 e. The van der Waals surface area contributed by atoms with E-state index in [0.29, 0.717) is 11.7 Å². The molecule has 1 aromatic heterocycles. The quantitative estimate of drug-likeness (QED) is 0.779. The van der Waals surface area contributed by atoms with E-state index >= 15 is 0 Å². The lowest BCUT2D eigenvalue weighted by Crippen LogP contribution is -2.19. The summed E-state index contributed by atoms with van der Waals surface area (Å²) in [6.07, 6.45) is 4.97. The maximum absolute atomic E-state index is 10.9. The summed E-state index contributed by atoms with van der Waals surface area (Å²) in [5.41, 5.74) is 0.871. The molecule has 0 radical (unpaired) electrons. The Labute approximate surface area is 89.3 Å². The minimum atomic E-state index is -0.925. The molecule has 0 bridgehead atoms. The van der Waals surface area contributed by atoms with E-state index in [1.165, 1.54) is 12.3 Å². The minimum Gasteiger partial charge on any atom is -0.478 e. The number of anilines is 1. The van der Waals surface area contributed by atoms with Crippen LogP contribution in [0.5, 0.6) is 0 Å². The van der Waals surface area contributed by atoms with Gasteiger partial charge in [0.05, 0.1) is 17.4 Å². The fourth-order valence-corrected chi connectivity index (χ4v) is 1.41. The van der Waals surface area contributed by atoms with Gasteiger partial charge >= 0.3 is 5.97 Å². The summed E-state index contributed by atoms with van der Waals surface area (Å²) >= 11 is 0. The second-order valence-corrected chi connectivity index (χ2v) is 3.38. The van der Waals surface area contributed by atoms with Crippen LogP contribution < -0.4 is 5.32 Å². The van der Waals surface area contributed by atoms with Crippen LogP contribution in [0.15, 0.2) is 18.5 Å². The molecule has 82 valence electrons. The van der Waals surface area contributed by atoms with Gasteiger partial charge in [-0.15, -0.1) is 0 Å². The largest absolute Gasteiger partial charge is 0.478 e. The van der Waals surface area contributed by atoms with E-state index in [1.54, 1.807) is 6.20 Å². The number of hydrogen-bond donors (Lipinski definition) is 2. The van der Waals surface area contributed by atoms with E-state index in [0.717, 1.165) is 12.8 Å². The second kappa shape index (κ2) is 5.34. The maximum atomic E-state index is 10.9. The molecule has 0 amide bonds. The van der Waals surface area contributed by atoms with Gasteiger partial charge in [0, 0.05) is 12.2 Å². The van der Waals surface area contributed by atoms with E-state index in [9.17, 15) is 4.79 Å². The lowest BCUT2D eigenvalue weighted by molar-refractivity contribution is 0.0698. The number of rotatable bonds is 5. The molecule has 0 saturated carbocycles. The highest BCUT2D eigenvalue weighted by Gasteiger charge is 2.11. The molecule has 4 nitrogen and oxygen atoms in total. The van der Waals surface area contributed by atoms with Gasteiger partial charge in [-0.25, -0.2) is 4.79 Å². The molecule has 2 N–H and O–H groups in total. The van der Waals surface area contributed by atoms with Crippen molar-refractivity contribution in [2.75, 3.05) is 5.32 Å². The number of aromatic carboxylic acids is 1. The number of aromatic nitrogens is 1. The number of carboxylic acid groups (broad SMARTS) is 1. The lowest BCUT2D eigenvalue weighted by atomic mass is 10.1. The van der Waals surface area contributed by atoms with Crippen molar-refractivity contribution in [3.8, 4) is 0 Å². The van der Waals surface area contributed by atoms with Gasteiger partial charge in [-0.2, -0.15) is 0 Å². The Hall–Kier alpha value is -1.58. The van der Waals surface area contributed by atoms with Crippen molar-refractivity contribution in [2.45, 2.75) is 32.7 Å². The van der Waals surface area contributed by atoms with Crippen molar-refractivity contribution < 1.29 is 9.90 Å². The summed E-state index contributed by atoms with van der Waals surface area (Å²) < 4.78 is 0. The van der Waals surface area contributed by atoms with E-state index in [2.05, 4.69) is 24.1 Å². The van der Waals surface area contributed by atoms with Gasteiger partial charge in [-0.05, 0) is 18.9 Å². The summed E-state index contributed by atoms with van der Waals surface area (Å²) in [7, 11) is 0. The third-order valence-electron chi connectivity index (χ3n) is 2.40. The first-order valence-electron chi connectivity index (χ1n) is 5.12. The highest BCUT2D eigenvalue weighted by molar-refractivity contribution is 5.93. The highest BCUT2D eigenvalue weighted by Crippen LogP contribution is 2.16. The first-order valence-corrected chi connectivity index (χ1v) is 5.12. The van der Waals surface area contributed by atoms with Gasteiger partial charge in [0.25, 0.3) is 0 Å². The average Bonchev–Trinajstić information content (AvgIpc) is 2.26. The molecule has 0 saturated heterocycles. The molecule has 4 heteroatoms. The molecule has 0 aliphatic carbocycles. The molecule has 0 aromatic carbocycles. The zero-order chi connectivity index (χ0) is 11.3. The highest BCUT2D eigenvalue weighted by atomic mass is 16.4. The van der Waals surface area contributed by atoms with Gasteiger partial charge < -0.3 is 10.4 Å². The number of pyridine rings is 1. The molecule has 15 heavy (non-hydrogen) atoms. The third kappa shape index (κ3) is 2.94. The standard InChI is InChI=1S/C11H16N2O2/c1-3-8(4-2)13-10-7-12-6-5-9(10)11(14)15/h5-8,13H,3-4H2,1-2H3,(H,14,15). The average molecular weight is 208 g/mol. The van der Waals surface area contributed by atoms with E-state index in [1.807, 2.05) is 0 Å². The van der Waals surface area contributed by atoms with Crippen LogP contribution in [0.1, 0.15) is 37.0 Å². The van der Waals surface area contributed by atoms with E-state index < -0.39 is 5.97 Å². The van der Waals surface area contributed by atoms with E-state index in [4.69, 9.17) is 5.11 Å². The summed E-state index contributed by atoms with van der Waals surface area (Å²) in [5, 5.41) is 12.1. The van der Waals surface area contributed by atoms with Crippen LogP contribution in [0.3, 0.4) is 0 Å². The predicted octanol–water partition coefficient (Wildman–Crippen LogP) is 2.38. The minimum absolute atomic E-state index is 0.275. The predicted molar refractivity (Wildman–Crippen MR) is 59.2 cm³/mol. The molecule has 1 aromatic rings. The molecule has 1 heterocycles. The van der Waals surface area contributed by atoms with Crippen LogP contribution in [0.4, 0.5) is 5.69 Å². The molecule has 0 aliphatic rings. The van der Waals surface area contributed by atoms with Gasteiger partial charge in [0.2, 0.25) is 0 Å². The molecular weight excluding hydrogens is 192 g/mol. The normalized spacial score (nSPS) is 10.3. The Morgan fingerprint density at radius 2 is 2.20 bits per heavy atom. The summed E-state index contributed by atoms with van der Waals surface area (Å²) in [5.74, 6) is -0.925. The molecule has 0 spiro atoms. The molecule has 0 aliphatic heterocycles. The third-order valence-corrected chi connectivity index (χ3v) is 2.40. The molecule has 0 unspecified atom stereocenters. The zero-order valence-electron chi connectivity index (χ0n) is 9.03. The molecular formula is C11H16N2O2. The Morgan fingerprint density at radius 3 is 2.73 bits per heavy atom. The van der Waals surface area contributed by atoms with Crippen molar-refractivity contribution >= 4 is 11.7 Å². The Balaban J connectivity index is 2.88. The number of hydrogen-bond acceptors (Lipinski definition) is 3. The monoisotopic (exact) mass is 208 g/mol. The Kier molecular flexibility index (Phi) is 4.09. The fraction of sp³-hybridized carbons (Fsp3) is 0.455. The van der Waals surface area contributed by atoms with Crippen LogP contribution in [0.2, 0.25) is 0 Å². The molecule has 1 rings (SSSR count). The first kappa shape index (κ1) is 11.5. The Bertz CT molecular complexity index is 335. The van der Waals surface area contributed by atoms with Crippen LogP contribution in [0.25, 0.3) is 0 Å². The van der Waals surface area contributed by atoms with Crippen molar-refractivity contribution in [3.05, 3.63) is 24.0 Å².